The van der Waals surface area contributed by atoms with Crippen LogP contribution >= 0.6 is 23.1 Å². The summed E-state index contributed by atoms with van der Waals surface area (Å²) in [5.74, 6) is -1.66. The van der Waals surface area contributed by atoms with Gasteiger partial charge in [-0.1, -0.05) is 35.2 Å². The van der Waals surface area contributed by atoms with Crippen LogP contribution in [0.2, 0.25) is 0 Å². The molecule has 0 spiro atoms. The maximum Gasteiger partial charge on any atom is 0.311 e. The first-order chi connectivity index (χ1) is 12.5. The molecule has 0 bridgehead atoms. The molecule has 1 atom stereocenters. The van der Waals surface area contributed by atoms with E-state index in [9.17, 15) is 9.59 Å². The first kappa shape index (κ1) is 20.2. The molecule has 1 heterocycles. The molecule has 2 rings (SSSR count). The third-order valence-corrected chi connectivity index (χ3v) is 5.41. The van der Waals surface area contributed by atoms with Crippen LogP contribution in [0.4, 0.5) is 0 Å². The summed E-state index contributed by atoms with van der Waals surface area (Å²) < 4.78 is 12.5. The van der Waals surface area contributed by atoms with Gasteiger partial charge in [-0.25, -0.2) is 0 Å². The van der Waals surface area contributed by atoms with E-state index in [1.807, 2.05) is 42.1 Å². The fourth-order valence-corrected chi connectivity index (χ4v) is 3.74. The highest BCUT2D eigenvalue weighted by Crippen LogP contribution is 2.16. The number of aliphatic imine (C=N–C) groups is 1. The van der Waals surface area contributed by atoms with Gasteiger partial charge in [0.1, 0.15) is 0 Å². The lowest BCUT2D eigenvalue weighted by atomic mass is 10.1. The zero-order valence-corrected chi connectivity index (χ0v) is 16.7. The van der Waals surface area contributed by atoms with Gasteiger partial charge >= 0.3 is 11.9 Å². The fraction of sp³-hybridized carbons (Fsp3) is 0.412. The molecule has 2 aromatic rings. The van der Waals surface area contributed by atoms with Crippen molar-refractivity contribution in [1.82, 2.24) is 4.57 Å². The van der Waals surface area contributed by atoms with E-state index in [-0.39, 0.29) is 13.0 Å². The van der Waals surface area contributed by atoms with Gasteiger partial charge in [0.2, 0.25) is 0 Å². The molecule has 9 heteroatoms. The summed E-state index contributed by atoms with van der Waals surface area (Å²) >= 11 is 2.94. The molecular formula is C17H21N3O4S2. The first-order valence-corrected chi connectivity index (χ1v) is 9.86. The summed E-state index contributed by atoms with van der Waals surface area (Å²) in [5.41, 5.74) is 1.09. The van der Waals surface area contributed by atoms with Crippen LogP contribution in [0, 0.1) is 5.92 Å². The summed E-state index contributed by atoms with van der Waals surface area (Å²) in [6, 6.07) is 8.04. The van der Waals surface area contributed by atoms with Gasteiger partial charge in [0.25, 0.3) is 0 Å². The normalized spacial score (nSPS) is 13.7. The van der Waals surface area contributed by atoms with Gasteiger partial charge in [-0.15, -0.1) is 0 Å². The van der Waals surface area contributed by atoms with E-state index in [1.54, 1.807) is 11.3 Å². The van der Waals surface area contributed by atoms with E-state index in [4.69, 9.17) is 4.74 Å². The van der Waals surface area contributed by atoms with Crippen molar-refractivity contribution >= 4 is 50.4 Å². The molecule has 0 saturated heterocycles. The van der Waals surface area contributed by atoms with Crippen LogP contribution in [0.3, 0.4) is 0 Å². The van der Waals surface area contributed by atoms with Crippen LogP contribution in [0.15, 0.2) is 34.3 Å². The number of benzene rings is 1. The van der Waals surface area contributed by atoms with Crippen molar-refractivity contribution in [2.24, 2.45) is 23.0 Å². The smallest absolute Gasteiger partial charge is 0.311 e. The topological polar surface area (TPSA) is 82.2 Å². The molecule has 0 aliphatic carbocycles. The summed E-state index contributed by atoms with van der Waals surface area (Å²) in [6.07, 6.45) is 1.79. The standard InChI is InChI=1S/C17H21N3O4S2/c1-20-12-7-5-6-8-13(12)26-17(20)19-16(25-4)18-10-11(15(22)24-3)9-14(21)23-2/h5-8,11H,9-10H2,1-4H3/b18-16?,19-17-. The quantitative estimate of drug-likeness (QED) is 0.440. The Bertz CT molecular complexity index is 886. The fourth-order valence-electron chi connectivity index (χ4n) is 2.28. The SMILES string of the molecule is COC(=O)CC(CN=C(/N=c1\sc2ccccc2n1C)SC)C(=O)OC. The molecular weight excluding hydrogens is 374 g/mol. The number of aromatic nitrogens is 1. The van der Waals surface area contributed by atoms with Crippen LogP contribution in [-0.4, -0.2) is 48.7 Å². The number of fused-ring (bicyclic) bond motifs is 1. The van der Waals surface area contributed by atoms with Crippen LogP contribution in [0.25, 0.3) is 10.2 Å². The predicted octanol–water partition coefficient (Wildman–Crippen LogP) is 2.21. The van der Waals surface area contributed by atoms with E-state index in [1.165, 1.54) is 26.0 Å². The largest absolute Gasteiger partial charge is 0.469 e. The molecule has 1 unspecified atom stereocenters. The Morgan fingerprint density at radius 1 is 1.27 bits per heavy atom. The number of hydrogen-bond donors (Lipinski definition) is 0. The number of ether oxygens (including phenoxy) is 2. The third kappa shape index (κ3) is 4.95. The molecule has 0 saturated carbocycles. The molecule has 0 aliphatic rings. The van der Waals surface area contributed by atoms with Gasteiger partial charge in [0.05, 0.1) is 43.3 Å². The van der Waals surface area contributed by atoms with E-state index in [0.29, 0.717) is 5.17 Å². The molecule has 0 N–H and O–H groups in total. The van der Waals surface area contributed by atoms with Gasteiger partial charge in [-0.05, 0) is 18.4 Å². The Kier molecular flexibility index (Phi) is 7.40. The molecule has 140 valence electrons. The van der Waals surface area contributed by atoms with Crippen molar-refractivity contribution < 1.29 is 19.1 Å². The number of aryl methyl sites for hydroxylation is 1. The number of thiazole rings is 1. The van der Waals surface area contributed by atoms with Crippen molar-refractivity contribution in [1.29, 1.82) is 0 Å². The summed E-state index contributed by atoms with van der Waals surface area (Å²) in [6.45, 7) is 0.107. The van der Waals surface area contributed by atoms with Gasteiger partial charge in [-0.3, -0.25) is 14.6 Å². The average molecular weight is 396 g/mol. The van der Waals surface area contributed by atoms with Crippen LogP contribution in [-0.2, 0) is 26.1 Å². The maximum atomic E-state index is 11.9. The van der Waals surface area contributed by atoms with Crippen LogP contribution in [0.5, 0.6) is 0 Å². The highest BCUT2D eigenvalue weighted by Gasteiger charge is 2.23. The number of thioether (sulfide) groups is 1. The van der Waals surface area contributed by atoms with Crippen molar-refractivity contribution in [3.63, 3.8) is 0 Å². The molecule has 0 radical (unpaired) electrons. The number of esters is 2. The zero-order chi connectivity index (χ0) is 19.1. The minimum Gasteiger partial charge on any atom is -0.469 e. The Morgan fingerprint density at radius 3 is 2.62 bits per heavy atom. The second kappa shape index (κ2) is 9.54. The molecule has 0 amide bonds. The number of amidine groups is 1. The van der Waals surface area contributed by atoms with Crippen molar-refractivity contribution in [3.05, 3.63) is 29.1 Å². The van der Waals surface area contributed by atoms with E-state index in [0.717, 1.165) is 15.0 Å². The van der Waals surface area contributed by atoms with Crippen LogP contribution in [0.1, 0.15) is 6.42 Å². The lowest BCUT2D eigenvalue weighted by Gasteiger charge is -2.11. The Morgan fingerprint density at radius 2 is 2.00 bits per heavy atom. The zero-order valence-electron chi connectivity index (χ0n) is 15.1. The Hall–Kier alpha value is -2.13. The Balaban J connectivity index is 2.28. The first-order valence-electron chi connectivity index (χ1n) is 7.82. The van der Waals surface area contributed by atoms with Crippen LogP contribution < -0.4 is 4.80 Å². The lowest BCUT2D eigenvalue weighted by Crippen LogP contribution is -2.23. The number of carbonyl (C=O) groups excluding carboxylic acids is 2. The lowest BCUT2D eigenvalue weighted by molar-refractivity contribution is -0.151. The van der Waals surface area contributed by atoms with Gasteiger partial charge in [0, 0.05) is 7.05 Å². The number of methoxy groups -OCH3 is 2. The van der Waals surface area contributed by atoms with Crippen molar-refractivity contribution in [2.45, 2.75) is 6.42 Å². The molecule has 1 aromatic carbocycles. The second-order valence-electron chi connectivity index (χ2n) is 5.35. The summed E-state index contributed by atoms with van der Waals surface area (Å²) in [5, 5.41) is 0.533. The number of hydrogen-bond acceptors (Lipinski definition) is 7. The van der Waals surface area contributed by atoms with Crippen molar-refractivity contribution in [3.8, 4) is 0 Å². The number of rotatable bonds is 5. The highest BCUT2D eigenvalue weighted by molar-refractivity contribution is 8.13. The van der Waals surface area contributed by atoms with Gasteiger partial charge < -0.3 is 14.0 Å². The number of carbonyl (C=O) groups is 2. The number of nitrogens with zero attached hydrogens (tertiary/aromatic N) is 3. The van der Waals surface area contributed by atoms with Crippen molar-refractivity contribution in [2.75, 3.05) is 27.0 Å². The number of para-hydroxylation sites is 1. The highest BCUT2D eigenvalue weighted by atomic mass is 32.2. The second-order valence-corrected chi connectivity index (χ2v) is 7.13. The molecule has 7 nitrogen and oxygen atoms in total. The average Bonchev–Trinajstić information content (AvgIpc) is 2.98. The minimum absolute atomic E-state index is 0.0784. The summed E-state index contributed by atoms with van der Waals surface area (Å²) in [4.78, 5) is 33.1. The maximum absolute atomic E-state index is 11.9. The van der Waals surface area contributed by atoms with E-state index >= 15 is 0 Å². The van der Waals surface area contributed by atoms with Gasteiger partial charge in [-0.2, -0.15) is 4.99 Å². The molecule has 26 heavy (non-hydrogen) atoms. The predicted molar refractivity (Wildman–Crippen MR) is 104 cm³/mol. The third-order valence-electron chi connectivity index (χ3n) is 3.71. The monoisotopic (exact) mass is 395 g/mol. The Labute approximate surface area is 159 Å². The molecule has 0 aliphatic heterocycles. The van der Waals surface area contributed by atoms with E-state index < -0.39 is 17.9 Å². The molecule has 1 aromatic heterocycles. The minimum atomic E-state index is -0.694. The van der Waals surface area contributed by atoms with E-state index in [2.05, 4.69) is 14.7 Å². The van der Waals surface area contributed by atoms with Gasteiger partial charge in [0.15, 0.2) is 9.97 Å². The molecule has 0 fully saturated rings. The summed E-state index contributed by atoms with van der Waals surface area (Å²) in [7, 11) is 4.52.